The van der Waals surface area contributed by atoms with Crippen molar-refractivity contribution in [1.82, 2.24) is 0 Å². The van der Waals surface area contributed by atoms with Crippen molar-refractivity contribution in [2.75, 3.05) is 0 Å². The second kappa shape index (κ2) is 4.81. The lowest BCUT2D eigenvalue weighted by molar-refractivity contribution is -0.143. The molecule has 1 rings (SSSR count). The van der Waals surface area contributed by atoms with Crippen LogP contribution in [0.4, 0.5) is 26.3 Å². The van der Waals surface area contributed by atoms with Gasteiger partial charge in [0.2, 0.25) is 0 Å². The predicted molar refractivity (Wildman–Crippen MR) is 50.3 cm³/mol. The minimum atomic E-state index is -4.93. The third-order valence-corrected chi connectivity index (χ3v) is 2.07. The average molecular weight is 272 g/mol. The van der Waals surface area contributed by atoms with Crippen LogP contribution in [0.3, 0.4) is 0 Å². The molecule has 0 aliphatic carbocycles. The van der Waals surface area contributed by atoms with Crippen LogP contribution in [-0.4, -0.2) is 17.2 Å². The van der Waals surface area contributed by atoms with E-state index in [1.54, 1.807) is 0 Å². The maximum absolute atomic E-state index is 12.4. The molecule has 2 nitrogen and oxygen atoms in total. The van der Waals surface area contributed by atoms with E-state index >= 15 is 0 Å². The van der Waals surface area contributed by atoms with Gasteiger partial charge >= 0.3 is 19.5 Å². The van der Waals surface area contributed by atoms with Gasteiger partial charge in [-0.3, -0.25) is 0 Å². The smallest absolute Gasteiger partial charge is 0.427 e. The minimum Gasteiger partial charge on any atom is -0.427 e. The Morgan fingerprint density at radius 2 is 1.22 bits per heavy atom. The van der Waals surface area contributed by atoms with Gasteiger partial charge in [0.05, 0.1) is 11.1 Å². The highest BCUT2D eigenvalue weighted by atomic mass is 19.4. The van der Waals surface area contributed by atoms with E-state index in [0.717, 1.165) is 0 Å². The first kappa shape index (κ1) is 14.8. The monoisotopic (exact) mass is 272 g/mol. The summed E-state index contributed by atoms with van der Waals surface area (Å²) in [6.07, 6.45) is -10.6. The van der Waals surface area contributed by atoms with Crippen molar-refractivity contribution in [3.05, 3.63) is 34.9 Å². The second-order valence-corrected chi connectivity index (χ2v) is 3.60. The molecule has 0 amide bonds. The van der Waals surface area contributed by atoms with Gasteiger partial charge in [-0.1, -0.05) is 0 Å². The molecule has 0 aliphatic rings. The molecule has 0 saturated carbocycles. The van der Waals surface area contributed by atoms with Gasteiger partial charge in [0.1, 0.15) is 0 Å². The Balaban J connectivity index is 3.29. The van der Waals surface area contributed by atoms with Crippen LogP contribution in [-0.2, 0) is 18.7 Å². The van der Waals surface area contributed by atoms with Gasteiger partial charge in [-0.2, -0.15) is 26.3 Å². The Bertz CT molecular complexity index is 394. The van der Waals surface area contributed by atoms with Gasteiger partial charge in [-0.25, -0.2) is 0 Å². The van der Waals surface area contributed by atoms with Crippen molar-refractivity contribution in [3.8, 4) is 0 Å². The molecule has 0 bridgehead atoms. The molecule has 0 radical (unpaired) electrons. The van der Waals surface area contributed by atoms with E-state index in [-0.39, 0.29) is 6.07 Å². The Morgan fingerprint density at radius 1 is 0.833 bits per heavy atom. The summed E-state index contributed by atoms with van der Waals surface area (Å²) in [5.74, 6) is 0. The van der Waals surface area contributed by atoms with E-state index in [1.165, 1.54) is 0 Å². The van der Waals surface area contributed by atoms with Crippen LogP contribution in [0, 0.1) is 0 Å². The lowest BCUT2D eigenvalue weighted by Crippen LogP contribution is -2.18. The van der Waals surface area contributed by atoms with E-state index in [1.807, 2.05) is 0 Å². The molecule has 2 N–H and O–H groups in total. The Kier molecular flexibility index (Phi) is 3.97. The third-order valence-electron chi connectivity index (χ3n) is 2.07. The van der Waals surface area contributed by atoms with E-state index in [4.69, 9.17) is 10.0 Å². The highest BCUT2D eigenvalue weighted by molar-refractivity contribution is 6.40. The van der Waals surface area contributed by atoms with Crippen molar-refractivity contribution >= 4 is 7.12 Å². The van der Waals surface area contributed by atoms with Crippen LogP contribution in [0.1, 0.15) is 16.7 Å². The summed E-state index contributed by atoms with van der Waals surface area (Å²) in [4.78, 5) is 0. The molecule has 0 spiro atoms. The van der Waals surface area contributed by atoms with Crippen molar-refractivity contribution in [1.29, 1.82) is 0 Å². The molecule has 0 unspecified atom stereocenters. The number of alkyl halides is 6. The standard InChI is InChI=1S/C9H7BF6O2/c11-8(12,13)6-1-5(4-10(17)18)2-7(3-6)9(14,15)16/h1-3,17-18H,4H2. The SMILES string of the molecule is OB(O)Cc1cc(C(F)(F)F)cc(C(F)(F)F)c1. The zero-order chi connectivity index (χ0) is 14.1. The molecule has 1 aromatic carbocycles. The van der Waals surface area contributed by atoms with Crippen LogP contribution >= 0.6 is 0 Å². The summed E-state index contributed by atoms with van der Waals surface area (Å²) in [6.45, 7) is 0. The van der Waals surface area contributed by atoms with Crippen LogP contribution in [0.15, 0.2) is 18.2 Å². The fraction of sp³-hybridized carbons (Fsp3) is 0.333. The van der Waals surface area contributed by atoms with Crippen molar-refractivity contribution in [2.45, 2.75) is 18.7 Å². The van der Waals surface area contributed by atoms with Gasteiger partial charge in [0, 0.05) is 6.32 Å². The van der Waals surface area contributed by atoms with E-state index in [0.29, 0.717) is 12.1 Å². The molecule has 0 heterocycles. The van der Waals surface area contributed by atoms with Gasteiger partial charge in [0.25, 0.3) is 0 Å². The van der Waals surface area contributed by atoms with Gasteiger partial charge in [-0.15, -0.1) is 0 Å². The van der Waals surface area contributed by atoms with Crippen LogP contribution < -0.4 is 0 Å². The maximum atomic E-state index is 12.4. The molecule has 0 aliphatic heterocycles. The summed E-state index contributed by atoms with van der Waals surface area (Å²) in [7, 11) is -2.02. The Labute approximate surface area is 98.0 Å². The number of halogens is 6. The summed E-state index contributed by atoms with van der Waals surface area (Å²) >= 11 is 0. The molecule has 18 heavy (non-hydrogen) atoms. The fourth-order valence-corrected chi connectivity index (χ4v) is 1.35. The number of hydrogen-bond acceptors (Lipinski definition) is 2. The number of benzene rings is 1. The zero-order valence-electron chi connectivity index (χ0n) is 8.68. The zero-order valence-corrected chi connectivity index (χ0v) is 8.68. The molecule has 9 heteroatoms. The second-order valence-electron chi connectivity index (χ2n) is 3.60. The quantitative estimate of drug-likeness (QED) is 0.640. The molecular weight excluding hydrogens is 265 g/mol. The first-order chi connectivity index (χ1) is 8.00. The number of rotatable bonds is 2. The van der Waals surface area contributed by atoms with Crippen LogP contribution in [0.2, 0.25) is 0 Å². The van der Waals surface area contributed by atoms with Gasteiger partial charge < -0.3 is 10.0 Å². The molecule has 0 fully saturated rings. The van der Waals surface area contributed by atoms with Crippen LogP contribution in [0.25, 0.3) is 0 Å². The molecular formula is C9H7BF6O2. The highest BCUT2D eigenvalue weighted by Crippen LogP contribution is 2.36. The number of hydrogen-bond donors (Lipinski definition) is 2. The van der Waals surface area contributed by atoms with Crippen molar-refractivity contribution < 1.29 is 36.4 Å². The van der Waals surface area contributed by atoms with Crippen LogP contribution in [0.5, 0.6) is 0 Å². The van der Waals surface area contributed by atoms with E-state index < -0.39 is 42.5 Å². The minimum absolute atomic E-state index is 0.0206. The molecule has 100 valence electrons. The molecule has 0 saturated heterocycles. The Hall–Kier alpha value is -1.22. The highest BCUT2D eigenvalue weighted by Gasteiger charge is 2.37. The lowest BCUT2D eigenvalue weighted by Gasteiger charge is -2.14. The molecule has 0 aromatic heterocycles. The van der Waals surface area contributed by atoms with Gasteiger partial charge in [-0.05, 0) is 23.8 Å². The largest absolute Gasteiger partial charge is 0.456 e. The first-order valence-electron chi connectivity index (χ1n) is 4.64. The summed E-state index contributed by atoms with van der Waals surface area (Å²) in [6, 6.07) is 0.886. The Morgan fingerprint density at radius 3 is 1.50 bits per heavy atom. The van der Waals surface area contributed by atoms with Crippen molar-refractivity contribution in [2.24, 2.45) is 0 Å². The average Bonchev–Trinajstić information content (AvgIpc) is 2.13. The summed E-state index contributed by atoms with van der Waals surface area (Å²) in [5, 5.41) is 17.2. The third kappa shape index (κ3) is 3.92. The van der Waals surface area contributed by atoms with E-state index in [9.17, 15) is 26.3 Å². The lowest BCUT2D eigenvalue weighted by atomic mass is 9.81. The fourth-order valence-electron chi connectivity index (χ4n) is 1.35. The summed E-state index contributed by atoms with van der Waals surface area (Å²) < 4.78 is 74.3. The van der Waals surface area contributed by atoms with E-state index in [2.05, 4.69) is 0 Å². The predicted octanol–water partition coefficient (Wildman–Crippen LogP) is 2.28. The summed E-state index contributed by atoms with van der Waals surface area (Å²) in [5.41, 5.74) is -3.41. The van der Waals surface area contributed by atoms with Gasteiger partial charge in [0.15, 0.2) is 0 Å². The topological polar surface area (TPSA) is 40.5 Å². The molecule has 1 aromatic rings. The van der Waals surface area contributed by atoms with Crippen molar-refractivity contribution in [3.63, 3.8) is 0 Å². The molecule has 0 atom stereocenters. The first-order valence-corrected chi connectivity index (χ1v) is 4.64. The maximum Gasteiger partial charge on any atom is 0.456 e. The normalized spacial score (nSPS) is 12.7.